The molecule has 0 saturated carbocycles. The van der Waals surface area contributed by atoms with Crippen molar-refractivity contribution in [3.63, 3.8) is 0 Å². The highest BCUT2D eigenvalue weighted by molar-refractivity contribution is 5.48. The Morgan fingerprint density at radius 3 is 2.53 bits per heavy atom. The highest BCUT2D eigenvalue weighted by Crippen LogP contribution is 2.47. The van der Waals surface area contributed by atoms with Gasteiger partial charge in [-0.1, -0.05) is 36.9 Å². The van der Waals surface area contributed by atoms with Gasteiger partial charge in [-0.3, -0.25) is 0 Å². The van der Waals surface area contributed by atoms with E-state index in [4.69, 9.17) is 9.15 Å². The van der Waals surface area contributed by atoms with E-state index in [2.05, 4.69) is 24.8 Å². The lowest BCUT2D eigenvalue weighted by atomic mass is 9.84. The van der Waals surface area contributed by atoms with E-state index in [0.717, 1.165) is 17.1 Å². The second kappa shape index (κ2) is 4.81. The summed E-state index contributed by atoms with van der Waals surface area (Å²) in [6, 6.07) is 14.3. The molecule has 0 aliphatic heterocycles. The summed E-state index contributed by atoms with van der Waals surface area (Å²) in [4.78, 5) is 0. The fraction of sp³-hybridized carbons (Fsp3) is 0.176. The molecule has 1 aliphatic carbocycles. The van der Waals surface area contributed by atoms with E-state index in [1.807, 2.05) is 30.3 Å². The molecule has 2 aromatic rings. The third-order valence-corrected chi connectivity index (χ3v) is 3.63. The summed E-state index contributed by atoms with van der Waals surface area (Å²) in [6.07, 6.45) is 3.80. The number of ether oxygens (including phenoxy) is 1. The first-order valence-electron chi connectivity index (χ1n) is 6.34. The predicted molar refractivity (Wildman–Crippen MR) is 74.9 cm³/mol. The smallest absolute Gasteiger partial charge is 0.118 e. The van der Waals surface area contributed by atoms with Gasteiger partial charge in [0.1, 0.15) is 11.5 Å². The van der Waals surface area contributed by atoms with Gasteiger partial charge in [0, 0.05) is 11.8 Å². The van der Waals surface area contributed by atoms with Crippen LogP contribution >= 0.6 is 0 Å². The van der Waals surface area contributed by atoms with Gasteiger partial charge in [0.25, 0.3) is 0 Å². The van der Waals surface area contributed by atoms with Crippen molar-refractivity contribution in [2.45, 2.75) is 11.8 Å². The second-order valence-electron chi connectivity index (χ2n) is 4.69. The van der Waals surface area contributed by atoms with Crippen molar-refractivity contribution in [3.05, 3.63) is 84.0 Å². The SMILES string of the molecule is C=C1C(OC)=C[C@@H](c2ccco2)[C@@H]1c1ccccc1. The summed E-state index contributed by atoms with van der Waals surface area (Å²) in [5.41, 5.74) is 2.24. The molecule has 2 atom stereocenters. The van der Waals surface area contributed by atoms with E-state index in [1.54, 1.807) is 13.4 Å². The molecule has 1 aliphatic rings. The molecule has 0 saturated heterocycles. The van der Waals surface area contributed by atoms with Crippen LogP contribution in [0.4, 0.5) is 0 Å². The average molecular weight is 252 g/mol. The van der Waals surface area contributed by atoms with Crippen LogP contribution in [0.1, 0.15) is 23.2 Å². The minimum atomic E-state index is 0.153. The molecule has 0 N–H and O–H groups in total. The first-order valence-corrected chi connectivity index (χ1v) is 6.34. The fourth-order valence-corrected chi connectivity index (χ4v) is 2.73. The van der Waals surface area contributed by atoms with Crippen LogP contribution in [0.3, 0.4) is 0 Å². The van der Waals surface area contributed by atoms with Gasteiger partial charge >= 0.3 is 0 Å². The lowest BCUT2D eigenvalue weighted by Gasteiger charge is -2.19. The van der Waals surface area contributed by atoms with Gasteiger partial charge in [-0.15, -0.1) is 0 Å². The van der Waals surface area contributed by atoms with E-state index >= 15 is 0 Å². The normalized spacial score (nSPS) is 22.4. The van der Waals surface area contributed by atoms with Gasteiger partial charge in [0.05, 0.1) is 13.4 Å². The number of rotatable bonds is 3. The van der Waals surface area contributed by atoms with Crippen molar-refractivity contribution in [1.82, 2.24) is 0 Å². The molecular formula is C17H16O2. The number of benzene rings is 1. The van der Waals surface area contributed by atoms with E-state index < -0.39 is 0 Å². The highest BCUT2D eigenvalue weighted by Gasteiger charge is 2.35. The van der Waals surface area contributed by atoms with Crippen molar-refractivity contribution < 1.29 is 9.15 Å². The molecule has 1 heterocycles. The van der Waals surface area contributed by atoms with E-state index in [9.17, 15) is 0 Å². The van der Waals surface area contributed by atoms with Crippen LogP contribution in [0.2, 0.25) is 0 Å². The number of hydrogen-bond acceptors (Lipinski definition) is 2. The van der Waals surface area contributed by atoms with Crippen molar-refractivity contribution in [2.24, 2.45) is 0 Å². The molecule has 2 nitrogen and oxygen atoms in total. The summed E-state index contributed by atoms with van der Waals surface area (Å²) < 4.78 is 11.0. The molecule has 0 fully saturated rings. The number of allylic oxidation sites excluding steroid dienone is 2. The molecule has 1 aromatic heterocycles. The van der Waals surface area contributed by atoms with Crippen molar-refractivity contribution in [1.29, 1.82) is 0 Å². The summed E-state index contributed by atoms with van der Waals surface area (Å²) in [7, 11) is 1.68. The van der Waals surface area contributed by atoms with Gasteiger partial charge in [-0.25, -0.2) is 0 Å². The summed E-state index contributed by atoms with van der Waals surface area (Å²) >= 11 is 0. The predicted octanol–water partition coefficient (Wildman–Crippen LogP) is 4.25. The van der Waals surface area contributed by atoms with Gasteiger partial charge < -0.3 is 9.15 Å². The maximum atomic E-state index is 5.57. The van der Waals surface area contributed by atoms with Crippen LogP contribution in [0.5, 0.6) is 0 Å². The molecule has 19 heavy (non-hydrogen) atoms. The molecule has 0 unspecified atom stereocenters. The van der Waals surface area contributed by atoms with Gasteiger partial charge in [-0.05, 0) is 29.3 Å². The molecule has 3 rings (SSSR count). The number of furan rings is 1. The third kappa shape index (κ3) is 1.99. The first kappa shape index (κ1) is 11.8. The summed E-state index contributed by atoms with van der Waals surface area (Å²) in [5, 5.41) is 0. The van der Waals surface area contributed by atoms with Crippen LogP contribution in [0, 0.1) is 0 Å². The van der Waals surface area contributed by atoms with Crippen molar-refractivity contribution in [3.8, 4) is 0 Å². The maximum absolute atomic E-state index is 5.57. The van der Waals surface area contributed by atoms with Gasteiger partial charge in [-0.2, -0.15) is 0 Å². The third-order valence-electron chi connectivity index (χ3n) is 3.63. The molecule has 0 radical (unpaired) electrons. The van der Waals surface area contributed by atoms with Crippen LogP contribution in [-0.2, 0) is 4.74 Å². The minimum Gasteiger partial charge on any atom is -0.497 e. The van der Waals surface area contributed by atoms with E-state index in [1.165, 1.54) is 5.56 Å². The lowest BCUT2D eigenvalue weighted by Crippen LogP contribution is -2.06. The Bertz CT molecular complexity index is 593. The average Bonchev–Trinajstić information content (AvgIpc) is 3.07. The quantitative estimate of drug-likeness (QED) is 0.815. The largest absolute Gasteiger partial charge is 0.497 e. The van der Waals surface area contributed by atoms with Crippen LogP contribution in [0.15, 0.2) is 77.1 Å². The minimum absolute atomic E-state index is 0.153. The zero-order valence-corrected chi connectivity index (χ0v) is 10.9. The number of hydrogen-bond donors (Lipinski definition) is 0. The molecule has 96 valence electrons. The van der Waals surface area contributed by atoms with Crippen LogP contribution in [-0.4, -0.2) is 7.11 Å². The molecule has 2 heteroatoms. The monoisotopic (exact) mass is 252 g/mol. The Labute approximate surface area is 113 Å². The van der Waals surface area contributed by atoms with Gasteiger partial charge in [0.2, 0.25) is 0 Å². The Kier molecular flexibility index (Phi) is 3.00. The summed E-state index contributed by atoms with van der Waals surface area (Å²) in [6.45, 7) is 4.19. The Morgan fingerprint density at radius 1 is 1.11 bits per heavy atom. The molecule has 0 spiro atoms. The van der Waals surface area contributed by atoms with Crippen LogP contribution < -0.4 is 0 Å². The van der Waals surface area contributed by atoms with Crippen molar-refractivity contribution >= 4 is 0 Å². The molecule has 0 bridgehead atoms. The maximum Gasteiger partial charge on any atom is 0.118 e. The van der Waals surface area contributed by atoms with E-state index in [0.29, 0.717) is 0 Å². The molecule has 1 aromatic carbocycles. The van der Waals surface area contributed by atoms with Gasteiger partial charge in [0.15, 0.2) is 0 Å². The number of methoxy groups -OCH3 is 1. The fourth-order valence-electron chi connectivity index (χ4n) is 2.73. The lowest BCUT2D eigenvalue weighted by molar-refractivity contribution is 0.302. The van der Waals surface area contributed by atoms with Crippen LogP contribution in [0.25, 0.3) is 0 Å². The Balaban J connectivity index is 2.04. The van der Waals surface area contributed by atoms with E-state index in [-0.39, 0.29) is 11.8 Å². The topological polar surface area (TPSA) is 22.4 Å². The highest BCUT2D eigenvalue weighted by atomic mass is 16.5. The summed E-state index contributed by atoms with van der Waals surface area (Å²) in [5.74, 6) is 2.14. The zero-order valence-electron chi connectivity index (χ0n) is 10.9. The zero-order chi connectivity index (χ0) is 13.2. The second-order valence-corrected chi connectivity index (χ2v) is 4.69. The first-order chi connectivity index (χ1) is 9.31. The Morgan fingerprint density at radius 2 is 1.89 bits per heavy atom. The molecular weight excluding hydrogens is 236 g/mol. The standard InChI is InChI=1S/C17H16O2/c1-12-16(18-2)11-14(15-9-6-10-19-15)17(12)13-7-4-3-5-8-13/h3-11,14,17H,1H2,2H3/t14-,17-/m0/s1. The Hall–Kier alpha value is -2.22. The molecule has 0 amide bonds. The van der Waals surface area contributed by atoms with Crippen molar-refractivity contribution in [2.75, 3.05) is 7.11 Å².